The summed E-state index contributed by atoms with van der Waals surface area (Å²) < 4.78 is 10.1. The van der Waals surface area contributed by atoms with Crippen LogP contribution in [0.1, 0.15) is 12.8 Å². The lowest BCUT2D eigenvalue weighted by atomic mass is 9.01. The summed E-state index contributed by atoms with van der Waals surface area (Å²) >= 11 is 0. The predicted octanol–water partition coefficient (Wildman–Crippen LogP) is 0.851. The average molecular weight is 248 g/mol. The third-order valence-corrected chi connectivity index (χ3v) is 7.27. The fourth-order valence-electron chi connectivity index (χ4n) is 7.42. The molecule has 0 amide bonds. The van der Waals surface area contributed by atoms with Gasteiger partial charge in [0, 0.05) is 0 Å². The van der Waals surface area contributed by atoms with Crippen molar-refractivity contribution >= 4 is 11.9 Å². The Morgan fingerprint density at radius 1 is 1.00 bits per heavy atom. The molecule has 2 bridgehead atoms. The van der Waals surface area contributed by atoms with E-state index in [9.17, 15) is 9.59 Å². The van der Waals surface area contributed by atoms with Gasteiger partial charge >= 0.3 is 11.9 Å². The Hall–Kier alpha value is -1.06. The molecule has 0 heterocycles. The molecule has 0 aromatic carbocycles. The van der Waals surface area contributed by atoms with Crippen LogP contribution in [0.2, 0.25) is 0 Å². The monoisotopic (exact) mass is 248 g/mol. The van der Waals surface area contributed by atoms with Crippen molar-refractivity contribution < 1.29 is 19.1 Å². The number of hydrogen-bond acceptors (Lipinski definition) is 4. The summed E-state index contributed by atoms with van der Waals surface area (Å²) in [6, 6.07) is 0. The lowest BCUT2D eigenvalue weighted by Crippen LogP contribution is -3.02. The highest BCUT2D eigenvalue weighted by molar-refractivity contribution is 5.95. The molecule has 6 aliphatic rings. The minimum Gasteiger partial charge on any atom is -0.469 e. The van der Waals surface area contributed by atoms with Crippen LogP contribution in [-0.4, -0.2) is 26.2 Å². The zero-order valence-electron chi connectivity index (χ0n) is 10.5. The van der Waals surface area contributed by atoms with Crippen LogP contribution in [0.3, 0.4) is 0 Å². The van der Waals surface area contributed by atoms with Gasteiger partial charge in [0.25, 0.3) is 0 Å². The smallest absolute Gasteiger partial charge is 0.312 e. The van der Waals surface area contributed by atoms with Crippen molar-refractivity contribution in [1.29, 1.82) is 0 Å². The molecule has 0 unspecified atom stereocenters. The fraction of sp³-hybridized carbons (Fsp3) is 0.857. The first-order chi connectivity index (χ1) is 8.68. The third-order valence-electron chi connectivity index (χ3n) is 7.27. The number of carbonyl (C=O) groups is 2. The van der Waals surface area contributed by atoms with Crippen molar-refractivity contribution in [1.82, 2.24) is 0 Å². The molecule has 0 radical (unpaired) electrons. The van der Waals surface area contributed by atoms with Gasteiger partial charge in [0.05, 0.1) is 25.0 Å². The number of hydrogen-bond donors (Lipinski definition) is 0. The molecule has 6 fully saturated rings. The molecule has 4 nitrogen and oxygen atoms in total. The van der Waals surface area contributed by atoms with Gasteiger partial charge in [0.15, 0.2) is 0 Å². The van der Waals surface area contributed by atoms with Gasteiger partial charge in [0.2, 0.25) is 0 Å². The van der Waals surface area contributed by atoms with Gasteiger partial charge in [-0.2, -0.15) is 0 Å². The van der Waals surface area contributed by atoms with Crippen molar-refractivity contribution in [2.24, 2.45) is 46.3 Å². The molecule has 0 aromatic heterocycles. The maximum atomic E-state index is 12.2. The largest absolute Gasteiger partial charge is 0.469 e. The average Bonchev–Trinajstić information content (AvgIpc) is 2.36. The van der Waals surface area contributed by atoms with E-state index in [1.54, 1.807) is 0 Å². The molecule has 0 aromatic rings. The molecular formula is C14H16O4. The van der Waals surface area contributed by atoms with Gasteiger partial charge in [-0.3, -0.25) is 9.59 Å². The Kier molecular flexibility index (Phi) is 1.28. The van der Waals surface area contributed by atoms with E-state index in [0.29, 0.717) is 23.7 Å². The molecule has 6 aliphatic carbocycles. The molecule has 8 atom stereocenters. The van der Waals surface area contributed by atoms with Crippen LogP contribution < -0.4 is 0 Å². The predicted molar refractivity (Wildman–Crippen MR) is 59.1 cm³/mol. The number of methoxy groups -OCH3 is 2. The van der Waals surface area contributed by atoms with E-state index in [4.69, 9.17) is 9.47 Å². The van der Waals surface area contributed by atoms with Gasteiger partial charge in [0.1, 0.15) is 0 Å². The topological polar surface area (TPSA) is 52.6 Å². The minimum absolute atomic E-state index is 0.0545. The summed E-state index contributed by atoms with van der Waals surface area (Å²) in [5.74, 6) is 2.61. The maximum Gasteiger partial charge on any atom is 0.312 e. The van der Waals surface area contributed by atoms with Crippen molar-refractivity contribution in [2.45, 2.75) is 12.8 Å². The van der Waals surface area contributed by atoms with E-state index in [2.05, 4.69) is 0 Å². The Labute approximate surface area is 105 Å². The summed E-state index contributed by atoms with van der Waals surface area (Å²) in [5, 5.41) is 0. The molecule has 18 heavy (non-hydrogen) atoms. The van der Waals surface area contributed by atoms with E-state index in [0.717, 1.165) is 6.42 Å². The highest BCUT2D eigenvalue weighted by Gasteiger charge is 3.05. The first-order valence-electron chi connectivity index (χ1n) is 6.85. The second kappa shape index (κ2) is 2.35. The van der Waals surface area contributed by atoms with Crippen molar-refractivity contribution in [3.05, 3.63) is 0 Å². The molecule has 6 saturated carbocycles. The Morgan fingerprint density at radius 3 is 2.28 bits per heavy atom. The summed E-state index contributed by atoms with van der Waals surface area (Å²) in [5.41, 5.74) is -0.555. The van der Waals surface area contributed by atoms with Crippen molar-refractivity contribution in [3.63, 3.8) is 0 Å². The van der Waals surface area contributed by atoms with Crippen LogP contribution in [0, 0.1) is 46.3 Å². The van der Waals surface area contributed by atoms with Gasteiger partial charge < -0.3 is 9.47 Å². The molecule has 6 rings (SSSR count). The molecule has 96 valence electrons. The van der Waals surface area contributed by atoms with Crippen molar-refractivity contribution in [3.8, 4) is 0 Å². The maximum absolute atomic E-state index is 12.2. The summed E-state index contributed by atoms with van der Waals surface area (Å²) in [4.78, 5) is 24.4. The van der Waals surface area contributed by atoms with Crippen LogP contribution in [0.5, 0.6) is 0 Å². The minimum atomic E-state index is -0.286. The van der Waals surface area contributed by atoms with Gasteiger partial charge in [-0.25, -0.2) is 0 Å². The van der Waals surface area contributed by atoms with Crippen LogP contribution >= 0.6 is 0 Å². The molecule has 0 saturated heterocycles. The summed E-state index contributed by atoms with van der Waals surface area (Å²) in [6.45, 7) is 0. The quantitative estimate of drug-likeness (QED) is 0.680. The second-order valence-corrected chi connectivity index (χ2v) is 6.76. The highest BCUT2D eigenvalue weighted by Crippen LogP contribution is 3.02. The normalized spacial score (nSPS) is 63.4. The first-order valence-corrected chi connectivity index (χ1v) is 6.85. The number of fused-ring (bicyclic) bond motifs is 1. The molecule has 0 spiro atoms. The molecule has 4 heteroatoms. The van der Waals surface area contributed by atoms with E-state index < -0.39 is 0 Å². The SMILES string of the molecule is COC(=O)[C@]12[C@@H]3[C@@H]4CC[C@H]5[C@H]3[C@H]1[C@@]5(C(=O)OC)[C@H]42. The number of esters is 2. The zero-order valence-corrected chi connectivity index (χ0v) is 10.5. The van der Waals surface area contributed by atoms with E-state index >= 15 is 0 Å². The number of carbonyl (C=O) groups excluding carboxylic acids is 2. The Bertz CT molecular complexity index is 510. The Morgan fingerprint density at radius 2 is 1.67 bits per heavy atom. The summed E-state index contributed by atoms with van der Waals surface area (Å²) in [6.07, 6.45) is 2.35. The van der Waals surface area contributed by atoms with Crippen LogP contribution in [-0.2, 0) is 19.1 Å². The van der Waals surface area contributed by atoms with Gasteiger partial charge in [-0.05, 0) is 48.3 Å². The lowest BCUT2D eigenvalue weighted by Gasteiger charge is -2.99. The molecule has 0 N–H and O–H groups in total. The lowest BCUT2D eigenvalue weighted by molar-refractivity contribution is -0.532. The highest BCUT2D eigenvalue weighted by atomic mass is 16.5. The van der Waals surface area contributed by atoms with Crippen molar-refractivity contribution in [2.75, 3.05) is 14.2 Å². The first kappa shape index (κ1) is 9.82. The summed E-state index contributed by atoms with van der Waals surface area (Å²) in [7, 11) is 2.95. The van der Waals surface area contributed by atoms with Gasteiger partial charge in [-0.1, -0.05) is 0 Å². The van der Waals surface area contributed by atoms with Gasteiger partial charge in [-0.15, -0.1) is 0 Å². The molecular weight excluding hydrogens is 232 g/mol. The second-order valence-electron chi connectivity index (χ2n) is 6.76. The van der Waals surface area contributed by atoms with Crippen LogP contribution in [0.4, 0.5) is 0 Å². The molecule has 0 aliphatic heterocycles. The number of ether oxygens (including phenoxy) is 2. The van der Waals surface area contributed by atoms with E-state index in [1.807, 2.05) is 0 Å². The Balaban J connectivity index is 1.64. The van der Waals surface area contributed by atoms with E-state index in [-0.39, 0.29) is 34.6 Å². The van der Waals surface area contributed by atoms with Crippen LogP contribution in [0.15, 0.2) is 0 Å². The standard InChI is InChI=1S/C14H16O4/c1-17-11(15)13-6-4-3-5-8-7(6)10(13)14(8,9(5)13)12(16)18-2/h5-10H,3-4H2,1-2H3/t5-,6-,7+,8+,9-,10-,13-,14-/m0/s1. The fourth-order valence-corrected chi connectivity index (χ4v) is 7.42. The number of rotatable bonds is 2. The van der Waals surface area contributed by atoms with Crippen LogP contribution in [0.25, 0.3) is 0 Å². The zero-order chi connectivity index (χ0) is 12.4. The van der Waals surface area contributed by atoms with E-state index in [1.165, 1.54) is 20.6 Å². The third kappa shape index (κ3) is 0.503.